The zero-order valence-electron chi connectivity index (χ0n) is 12.4. The van der Waals surface area contributed by atoms with Crippen LogP contribution in [-0.2, 0) is 9.47 Å². The number of hydrogen-bond acceptors (Lipinski definition) is 4. The molecule has 4 heteroatoms. The molecule has 4 nitrogen and oxygen atoms in total. The summed E-state index contributed by atoms with van der Waals surface area (Å²) < 4.78 is 11.7. The first-order chi connectivity index (χ1) is 9.83. The molecule has 0 aromatic heterocycles. The van der Waals surface area contributed by atoms with E-state index in [4.69, 9.17) is 15.3 Å². The summed E-state index contributed by atoms with van der Waals surface area (Å²) in [5.41, 5.74) is 3.21. The summed E-state index contributed by atoms with van der Waals surface area (Å²) in [6, 6.07) is 0.504. The maximum absolute atomic E-state index is 6.08. The Morgan fingerprint density at radius 2 is 1.90 bits per heavy atom. The van der Waals surface area contributed by atoms with Gasteiger partial charge in [0.1, 0.15) is 0 Å². The van der Waals surface area contributed by atoms with Crippen molar-refractivity contribution in [1.82, 2.24) is 5.43 Å². The van der Waals surface area contributed by atoms with E-state index >= 15 is 0 Å². The summed E-state index contributed by atoms with van der Waals surface area (Å²) >= 11 is 0. The SMILES string of the molecule is NNC(C1CCOC2(CCOC2)C1)C1C2CCCCC21. The lowest BCUT2D eigenvalue weighted by molar-refractivity contribution is -0.104. The molecule has 4 fully saturated rings. The van der Waals surface area contributed by atoms with Gasteiger partial charge >= 0.3 is 0 Å². The summed E-state index contributed by atoms with van der Waals surface area (Å²) in [6.45, 7) is 2.54. The van der Waals surface area contributed by atoms with Gasteiger partial charge in [0, 0.05) is 25.7 Å². The Kier molecular flexibility index (Phi) is 3.53. The van der Waals surface area contributed by atoms with Crippen LogP contribution in [0.2, 0.25) is 0 Å². The molecular formula is C16H28N2O2. The Hall–Kier alpha value is -0.160. The van der Waals surface area contributed by atoms with Gasteiger partial charge in [0.2, 0.25) is 0 Å². The van der Waals surface area contributed by atoms with E-state index in [1.807, 2.05) is 0 Å². The van der Waals surface area contributed by atoms with Crippen LogP contribution >= 0.6 is 0 Å². The fourth-order valence-electron chi connectivity index (χ4n) is 5.38. The fourth-order valence-corrected chi connectivity index (χ4v) is 5.38. The molecule has 1 spiro atoms. The highest BCUT2D eigenvalue weighted by atomic mass is 16.6. The van der Waals surface area contributed by atoms with Crippen LogP contribution in [-0.4, -0.2) is 31.5 Å². The van der Waals surface area contributed by atoms with E-state index < -0.39 is 0 Å². The van der Waals surface area contributed by atoms with Crippen molar-refractivity contribution in [1.29, 1.82) is 0 Å². The molecule has 2 aliphatic carbocycles. The van der Waals surface area contributed by atoms with Crippen molar-refractivity contribution in [3.8, 4) is 0 Å². The number of ether oxygens (including phenoxy) is 2. The van der Waals surface area contributed by atoms with Crippen LogP contribution in [0.1, 0.15) is 44.9 Å². The minimum atomic E-state index is 0.0120. The molecule has 4 aliphatic rings. The lowest BCUT2D eigenvalue weighted by Gasteiger charge is -2.40. The Bertz CT molecular complexity index is 344. The third kappa shape index (κ3) is 2.21. The monoisotopic (exact) mass is 280 g/mol. The molecule has 2 heterocycles. The van der Waals surface area contributed by atoms with Crippen LogP contribution in [0.25, 0.3) is 0 Å². The smallest absolute Gasteiger partial charge is 0.0939 e. The molecule has 114 valence electrons. The Morgan fingerprint density at radius 3 is 2.55 bits per heavy atom. The zero-order chi connectivity index (χ0) is 13.6. The van der Waals surface area contributed by atoms with Crippen LogP contribution in [0, 0.1) is 23.7 Å². The Labute approximate surface area is 121 Å². The molecule has 0 amide bonds. The van der Waals surface area contributed by atoms with E-state index in [0.29, 0.717) is 12.0 Å². The van der Waals surface area contributed by atoms with Crippen LogP contribution in [0.4, 0.5) is 0 Å². The molecule has 0 bridgehead atoms. The summed E-state index contributed by atoms with van der Waals surface area (Å²) in [4.78, 5) is 0. The molecule has 0 radical (unpaired) electrons. The van der Waals surface area contributed by atoms with Gasteiger partial charge in [-0.3, -0.25) is 11.3 Å². The summed E-state index contributed by atoms with van der Waals surface area (Å²) in [5.74, 6) is 9.40. The lowest BCUT2D eigenvalue weighted by Crippen LogP contribution is -2.50. The van der Waals surface area contributed by atoms with E-state index in [1.165, 1.54) is 25.7 Å². The quantitative estimate of drug-likeness (QED) is 0.612. The number of fused-ring (bicyclic) bond motifs is 1. The molecule has 2 aliphatic heterocycles. The molecule has 2 saturated carbocycles. The average molecular weight is 280 g/mol. The van der Waals surface area contributed by atoms with E-state index in [-0.39, 0.29) is 5.60 Å². The molecule has 4 rings (SSSR count). The minimum Gasteiger partial charge on any atom is -0.378 e. The topological polar surface area (TPSA) is 56.5 Å². The summed E-state index contributed by atoms with van der Waals surface area (Å²) in [6.07, 6.45) is 9.10. The standard InChI is InChI=1S/C16H28N2O2/c17-18-15(14-12-3-1-2-4-13(12)14)11-5-7-20-16(9-11)6-8-19-10-16/h11-15,18H,1-10,17H2. The van der Waals surface area contributed by atoms with Gasteiger partial charge in [-0.2, -0.15) is 0 Å². The lowest BCUT2D eigenvalue weighted by atomic mass is 9.79. The molecular weight excluding hydrogens is 252 g/mol. The van der Waals surface area contributed by atoms with Gasteiger partial charge in [-0.25, -0.2) is 0 Å². The van der Waals surface area contributed by atoms with Gasteiger partial charge in [-0.1, -0.05) is 12.8 Å². The van der Waals surface area contributed by atoms with Gasteiger partial charge in [0.25, 0.3) is 0 Å². The van der Waals surface area contributed by atoms with Gasteiger partial charge in [-0.15, -0.1) is 0 Å². The first-order valence-corrected chi connectivity index (χ1v) is 8.51. The van der Waals surface area contributed by atoms with Crippen LogP contribution in [0.15, 0.2) is 0 Å². The van der Waals surface area contributed by atoms with Crippen molar-refractivity contribution >= 4 is 0 Å². The fraction of sp³-hybridized carbons (Fsp3) is 1.00. The predicted octanol–water partition coefficient (Wildman–Crippen LogP) is 1.84. The van der Waals surface area contributed by atoms with E-state index in [2.05, 4.69) is 5.43 Å². The van der Waals surface area contributed by atoms with Crippen molar-refractivity contribution in [3.63, 3.8) is 0 Å². The minimum absolute atomic E-state index is 0.0120. The Balaban J connectivity index is 1.45. The van der Waals surface area contributed by atoms with Crippen molar-refractivity contribution < 1.29 is 9.47 Å². The van der Waals surface area contributed by atoms with Crippen LogP contribution in [0.5, 0.6) is 0 Å². The number of nitrogens with one attached hydrogen (secondary N) is 1. The van der Waals surface area contributed by atoms with Crippen LogP contribution in [0.3, 0.4) is 0 Å². The normalized spacial score (nSPS) is 49.0. The number of hydrazine groups is 1. The number of nitrogens with two attached hydrogens (primary N) is 1. The van der Waals surface area contributed by atoms with E-state index in [9.17, 15) is 0 Å². The van der Waals surface area contributed by atoms with E-state index in [1.54, 1.807) is 0 Å². The average Bonchev–Trinajstić information content (AvgIpc) is 3.03. The van der Waals surface area contributed by atoms with Crippen molar-refractivity contribution in [2.75, 3.05) is 19.8 Å². The van der Waals surface area contributed by atoms with Gasteiger partial charge < -0.3 is 9.47 Å². The van der Waals surface area contributed by atoms with E-state index in [0.717, 1.165) is 56.8 Å². The highest BCUT2D eigenvalue weighted by Crippen LogP contribution is 2.58. The van der Waals surface area contributed by atoms with Gasteiger partial charge in [-0.05, 0) is 49.4 Å². The molecule has 0 aromatic rings. The predicted molar refractivity (Wildman–Crippen MR) is 76.9 cm³/mol. The summed E-state index contributed by atoms with van der Waals surface area (Å²) in [5, 5.41) is 0. The maximum Gasteiger partial charge on any atom is 0.0939 e. The number of rotatable bonds is 3. The second kappa shape index (κ2) is 5.24. The second-order valence-corrected chi connectivity index (χ2v) is 7.47. The van der Waals surface area contributed by atoms with Gasteiger partial charge in [0.05, 0.1) is 12.2 Å². The third-order valence-corrected chi connectivity index (χ3v) is 6.44. The largest absolute Gasteiger partial charge is 0.378 e. The first-order valence-electron chi connectivity index (χ1n) is 8.51. The number of hydrogen-bond donors (Lipinski definition) is 2. The first kappa shape index (κ1) is 13.5. The Morgan fingerprint density at radius 1 is 1.10 bits per heavy atom. The molecule has 2 saturated heterocycles. The molecule has 3 N–H and O–H groups in total. The third-order valence-electron chi connectivity index (χ3n) is 6.44. The summed E-state index contributed by atoms with van der Waals surface area (Å²) in [7, 11) is 0. The molecule has 0 aromatic carbocycles. The highest BCUT2D eigenvalue weighted by Gasteiger charge is 2.56. The van der Waals surface area contributed by atoms with Crippen LogP contribution < -0.4 is 11.3 Å². The van der Waals surface area contributed by atoms with Crippen molar-refractivity contribution in [2.45, 2.75) is 56.6 Å². The molecule has 20 heavy (non-hydrogen) atoms. The maximum atomic E-state index is 6.08. The second-order valence-electron chi connectivity index (χ2n) is 7.47. The zero-order valence-corrected chi connectivity index (χ0v) is 12.4. The highest BCUT2D eigenvalue weighted by molar-refractivity contribution is 5.07. The van der Waals surface area contributed by atoms with Gasteiger partial charge in [0.15, 0.2) is 0 Å². The molecule has 5 unspecified atom stereocenters. The molecule has 5 atom stereocenters. The van der Waals surface area contributed by atoms with Crippen molar-refractivity contribution in [2.24, 2.45) is 29.5 Å². The van der Waals surface area contributed by atoms with Crippen molar-refractivity contribution in [3.05, 3.63) is 0 Å².